The van der Waals surface area contributed by atoms with Crippen molar-refractivity contribution in [3.8, 4) is 5.69 Å². The molecule has 3 aromatic rings. The average molecular weight is 343 g/mol. The standard InChI is InChI=1S/C16H15BrN4/c1-11-9-12(17)7-8-14(11)16(18)15-10-19-20-21(15)13-5-3-2-4-6-13/h2-10,16H,18H2,1H3. The quantitative estimate of drug-likeness (QED) is 0.793. The molecule has 106 valence electrons. The first-order valence-corrected chi connectivity index (χ1v) is 7.44. The Labute approximate surface area is 131 Å². The average Bonchev–Trinajstić information content (AvgIpc) is 2.97. The summed E-state index contributed by atoms with van der Waals surface area (Å²) in [5.74, 6) is 0. The lowest BCUT2D eigenvalue weighted by molar-refractivity contribution is 0.717. The van der Waals surface area contributed by atoms with Gasteiger partial charge >= 0.3 is 0 Å². The van der Waals surface area contributed by atoms with E-state index in [0.717, 1.165) is 27.0 Å². The number of aromatic nitrogens is 3. The van der Waals surface area contributed by atoms with Gasteiger partial charge in [0, 0.05) is 4.47 Å². The van der Waals surface area contributed by atoms with Crippen LogP contribution >= 0.6 is 15.9 Å². The van der Waals surface area contributed by atoms with Crippen molar-refractivity contribution in [2.45, 2.75) is 13.0 Å². The lowest BCUT2D eigenvalue weighted by Gasteiger charge is -2.16. The summed E-state index contributed by atoms with van der Waals surface area (Å²) in [7, 11) is 0. The molecule has 0 saturated heterocycles. The molecule has 0 aliphatic heterocycles. The van der Waals surface area contributed by atoms with Gasteiger partial charge in [-0.2, -0.15) is 0 Å². The van der Waals surface area contributed by atoms with Gasteiger partial charge in [0.25, 0.3) is 0 Å². The minimum Gasteiger partial charge on any atom is -0.319 e. The zero-order valence-corrected chi connectivity index (χ0v) is 13.2. The molecule has 0 saturated carbocycles. The van der Waals surface area contributed by atoms with Crippen LogP contribution < -0.4 is 5.73 Å². The second-order valence-corrected chi connectivity index (χ2v) is 5.80. The minimum atomic E-state index is -0.270. The first-order valence-electron chi connectivity index (χ1n) is 6.64. The summed E-state index contributed by atoms with van der Waals surface area (Å²) < 4.78 is 2.83. The second-order valence-electron chi connectivity index (χ2n) is 4.88. The predicted octanol–water partition coefficient (Wildman–Crippen LogP) is 3.39. The van der Waals surface area contributed by atoms with E-state index in [9.17, 15) is 0 Å². The molecule has 1 unspecified atom stereocenters. The first kappa shape index (κ1) is 14.0. The summed E-state index contributed by atoms with van der Waals surface area (Å²) >= 11 is 3.47. The van der Waals surface area contributed by atoms with Crippen LogP contribution in [0.3, 0.4) is 0 Å². The maximum atomic E-state index is 6.43. The predicted molar refractivity (Wildman–Crippen MR) is 86.3 cm³/mol. The van der Waals surface area contributed by atoms with Gasteiger partial charge in [-0.05, 0) is 42.3 Å². The highest BCUT2D eigenvalue weighted by Gasteiger charge is 2.17. The molecule has 0 bridgehead atoms. The first-order chi connectivity index (χ1) is 10.2. The molecule has 0 spiro atoms. The highest BCUT2D eigenvalue weighted by atomic mass is 79.9. The molecule has 2 aromatic carbocycles. The largest absolute Gasteiger partial charge is 0.319 e. The molecular weight excluding hydrogens is 328 g/mol. The lowest BCUT2D eigenvalue weighted by Crippen LogP contribution is -2.17. The van der Waals surface area contributed by atoms with Gasteiger partial charge < -0.3 is 5.73 Å². The summed E-state index contributed by atoms with van der Waals surface area (Å²) in [4.78, 5) is 0. The summed E-state index contributed by atoms with van der Waals surface area (Å²) in [6.07, 6.45) is 1.72. The fourth-order valence-electron chi connectivity index (χ4n) is 2.37. The van der Waals surface area contributed by atoms with E-state index in [0.29, 0.717) is 0 Å². The number of para-hydroxylation sites is 1. The van der Waals surface area contributed by atoms with Crippen molar-refractivity contribution in [1.82, 2.24) is 15.0 Å². The van der Waals surface area contributed by atoms with Crippen LogP contribution in [0.5, 0.6) is 0 Å². The van der Waals surface area contributed by atoms with Crippen LogP contribution in [-0.2, 0) is 0 Å². The van der Waals surface area contributed by atoms with Crippen LogP contribution in [0.15, 0.2) is 59.2 Å². The summed E-state index contributed by atoms with van der Waals surface area (Å²) in [6, 6.07) is 15.7. The molecular formula is C16H15BrN4. The number of rotatable bonds is 3. The third-order valence-electron chi connectivity index (χ3n) is 3.46. The van der Waals surface area contributed by atoms with Crippen LogP contribution in [0, 0.1) is 6.92 Å². The topological polar surface area (TPSA) is 56.7 Å². The molecule has 4 nitrogen and oxygen atoms in total. The van der Waals surface area contributed by atoms with E-state index in [2.05, 4.69) is 39.2 Å². The SMILES string of the molecule is Cc1cc(Br)ccc1C(N)c1cnnn1-c1ccccc1. The molecule has 1 atom stereocenters. The maximum Gasteiger partial charge on any atom is 0.0858 e. The van der Waals surface area contributed by atoms with E-state index >= 15 is 0 Å². The van der Waals surface area contributed by atoms with E-state index < -0.39 is 0 Å². The second kappa shape index (κ2) is 5.79. The molecule has 21 heavy (non-hydrogen) atoms. The monoisotopic (exact) mass is 342 g/mol. The van der Waals surface area contributed by atoms with Gasteiger partial charge in [0.1, 0.15) is 0 Å². The van der Waals surface area contributed by atoms with E-state index in [1.165, 1.54) is 0 Å². The zero-order chi connectivity index (χ0) is 14.8. The van der Waals surface area contributed by atoms with Crippen molar-refractivity contribution < 1.29 is 0 Å². The van der Waals surface area contributed by atoms with E-state index in [-0.39, 0.29) is 6.04 Å². The van der Waals surface area contributed by atoms with Gasteiger partial charge in [-0.3, -0.25) is 0 Å². The molecule has 2 N–H and O–H groups in total. The molecule has 0 amide bonds. The minimum absolute atomic E-state index is 0.270. The highest BCUT2D eigenvalue weighted by molar-refractivity contribution is 9.10. The molecule has 1 heterocycles. The Morgan fingerprint density at radius 1 is 1.14 bits per heavy atom. The number of nitrogens with zero attached hydrogens (tertiary/aromatic N) is 3. The molecule has 3 rings (SSSR count). The third-order valence-corrected chi connectivity index (χ3v) is 3.96. The molecule has 5 heteroatoms. The van der Waals surface area contributed by atoms with E-state index in [4.69, 9.17) is 5.73 Å². The Hall–Kier alpha value is -1.98. The molecule has 0 radical (unpaired) electrons. The number of halogens is 1. The van der Waals surface area contributed by atoms with Crippen LogP contribution in [0.1, 0.15) is 22.9 Å². The number of benzene rings is 2. The van der Waals surface area contributed by atoms with Crippen molar-refractivity contribution in [1.29, 1.82) is 0 Å². The Morgan fingerprint density at radius 2 is 1.90 bits per heavy atom. The number of hydrogen-bond acceptors (Lipinski definition) is 3. The number of hydrogen-bond donors (Lipinski definition) is 1. The third kappa shape index (κ3) is 2.75. The Bertz CT molecular complexity index is 752. The van der Waals surface area contributed by atoms with Crippen LogP contribution in [0.25, 0.3) is 5.69 Å². The Balaban J connectivity index is 2.03. The molecule has 1 aromatic heterocycles. The molecule has 0 fully saturated rings. The van der Waals surface area contributed by atoms with Gasteiger partial charge in [0.2, 0.25) is 0 Å². The molecule has 0 aliphatic rings. The molecule has 0 aliphatic carbocycles. The highest BCUT2D eigenvalue weighted by Crippen LogP contribution is 2.25. The fourth-order valence-corrected chi connectivity index (χ4v) is 2.85. The summed E-state index contributed by atoms with van der Waals surface area (Å²) in [5.41, 5.74) is 10.5. The Kier molecular flexibility index (Phi) is 3.86. The fraction of sp³-hybridized carbons (Fsp3) is 0.125. The zero-order valence-electron chi connectivity index (χ0n) is 11.6. The Morgan fingerprint density at radius 3 is 2.62 bits per heavy atom. The summed E-state index contributed by atoms with van der Waals surface area (Å²) in [5, 5.41) is 8.17. The number of aryl methyl sites for hydroxylation is 1. The van der Waals surface area contributed by atoms with Crippen molar-refractivity contribution in [3.63, 3.8) is 0 Å². The van der Waals surface area contributed by atoms with Crippen molar-refractivity contribution in [2.75, 3.05) is 0 Å². The lowest BCUT2D eigenvalue weighted by atomic mass is 10.00. The smallest absolute Gasteiger partial charge is 0.0858 e. The van der Waals surface area contributed by atoms with Crippen LogP contribution in [0.2, 0.25) is 0 Å². The van der Waals surface area contributed by atoms with Gasteiger partial charge in [-0.15, -0.1) is 5.10 Å². The van der Waals surface area contributed by atoms with Crippen molar-refractivity contribution in [3.05, 3.63) is 76.0 Å². The summed E-state index contributed by atoms with van der Waals surface area (Å²) in [6.45, 7) is 2.05. The number of nitrogens with two attached hydrogens (primary N) is 1. The van der Waals surface area contributed by atoms with E-state index in [1.54, 1.807) is 10.9 Å². The van der Waals surface area contributed by atoms with Crippen molar-refractivity contribution >= 4 is 15.9 Å². The van der Waals surface area contributed by atoms with Crippen LogP contribution in [0.4, 0.5) is 0 Å². The van der Waals surface area contributed by atoms with E-state index in [1.807, 2.05) is 42.5 Å². The van der Waals surface area contributed by atoms with Gasteiger partial charge in [-0.25, -0.2) is 4.68 Å². The normalized spacial score (nSPS) is 12.3. The van der Waals surface area contributed by atoms with Gasteiger partial charge in [0.05, 0.1) is 23.6 Å². The maximum absolute atomic E-state index is 6.43. The van der Waals surface area contributed by atoms with Gasteiger partial charge in [-0.1, -0.05) is 45.4 Å². The van der Waals surface area contributed by atoms with Gasteiger partial charge in [0.15, 0.2) is 0 Å². The van der Waals surface area contributed by atoms with Crippen molar-refractivity contribution in [2.24, 2.45) is 5.73 Å². The van der Waals surface area contributed by atoms with Crippen LogP contribution in [-0.4, -0.2) is 15.0 Å².